The van der Waals surface area contributed by atoms with Crippen LogP contribution < -0.4 is 14.8 Å². The minimum absolute atomic E-state index is 0.00619. The van der Waals surface area contributed by atoms with E-state index in [2.05, 4.69) is 5.32 Å². The molecule has 4 rings (SSSR count). The third kappa shape index (κ3) is 6.12. The first-order chi connectivity index (χ1) is 16.0. The molecular weight excluding hydrogens is 440 g/mol. The second kappa shape index (κ2) is 10.5. The lowest BCUT2D eigenvalue weighted by atomic mass is 10.1. The van der Waals surface area contributed by atoms with Crippen LogP contribution in [0, 0.1) is 0 Å². The molecule has 0 saturated carbocycles. The van der Waals surface area contributed by atoms with Crippen LogP contribution in [0.15, 0.2) is 78.9 Å². The van der Waals surface area contributed by atoms with Gasteiger partial charge in [-0.25, -0.2) is 8.42 Å². The number of hydrogen-bond donors (Lipinski definition) is 1. The van der Waals surface area contributed by atoms with Gasteiger partial charge in [0, 0.05) is 25.2 Å². The normalized spacial score (nSPS) is 12.6. The van der Waals surface area contributed by atoms with E-state index in [4.69, 9.17) is 9.47 Å². The number of fused-ring (bicyclic) bond motifs is 1. The van der Waals surface area contributed by atoms with Gasteiger partial charge in [0.25, 0.3) is 5.91 Å². The van der Waals surface area contributed by atoms with Crippen LogP contribution >= 0.6 is 0 Å². The summed E-state index contributed by atoms with van der Waals surface area (Å²) < 4.78 is 38.4. The highest BCUT2D eigenvalue weighted by atomic mass is 32.2. The van der Waals surface area contributed by atoms with E-state index in [1.165, 1.54) is 4.31 Å². The summed E-state index contributed by atoms with van der Waals surface area (Å²) in [5, 5.41) is 2.70. The summed E-state index contributed by atoms with van der Waals surface area (Å²) in [5.74, 6) is 0.543. The first-order valence-electron chi connectivity index (χ1n) is 10.7. The summed E-state index contributed by atoms with van der Waals surface area (Å²) in [5.41, 5.74) is 2.38. The molecule has 8 heteroatoms. The van der Waals surface area contributed by atoms with E-state index in [1.807, 2.05) is 60.7 Å². The predicted octanol–water partition coefficient (Wildman–Crippen LogP) is 3.22. The maximum absolute atomic E-state index is 13.2. The van der Waals surface area contributed by atoms with Crippen LogP contribution in [0.4, 0.5) is 0 Å². The molecule has 1 aliphatic heterocycles. The zero-order valence-corrected chi connectivity index (χ0v) is 19.0. The number of benzene rings is 3. The Kier molecular flexibility index (Phi) is 7.26. The Morgan fingerprint density at radius 1 is 0.879 bits per heavy atom. The zero-order valence-electron chi connectivity index (χ0n) is 18.1. The number of sulfonamides is 1. The monoisotopic (exact) mass is 466 g/mol. The highest BCUT2D eigenvalue weighted by molar-refractivity contribution is 7.89. The molecule has 0 bridgehead atoms. The number of hydrogen-bond acceptors (Lipinski definition) is 5. The second-order valence-electron chi connectivity index (χ2n) is 7.69. The van der Waals surface area contributed by atoms with Crippen LogP contribution in [0.5, 0.6) is 11.5 Å². The molecule has 3 aromatic rings. The molecular formula is C25H26N2O5S. The lowest BCUT2D eigenvalue weighted by molar-refractivity contribution is 0.0955. The van der Waals surface area contributed by atoms with Crippen LogP contribution in [0.3, 0.4) is 0 Å². The zero-order chi connectivity index (χ0) is 23.1. The van der Waals surface area contributed by atoms with E-state index in [1.54, 1.807) is 18.2 Å². The fraction of sp³-hybridized carbons (Fsp3) is 0.240. The maximum atomic E-state index is 13.2. The van der Waals surface area contributed by atoms with Crippen LogP contribution in [0.25, 0.3) is 0 Å². The van der Waals surface area contributed by atoms with E-state index in [0.717, 1.165) is 11.1 Å². The first-order valence-corrected chi connectivity index (χ1v) is 12.4. The van der Waals surface area contributed by atoms with Gasteiger partial charge in [-0.05, 0) is 35.7 Å². The van der Waals surface area contributed by atoms with Gasteiger partial charge < -0.3 is 14.8 Å². The van der Waals surface area contributed by atoms with Gasteiger partial charge in [0.05, 0.1) is 5.75 Å². The minimum Gasteiger partial charge on any atom is -0.454 e. The van der Waals surface area contributed by atoms with Crippen molar-refractivity contribution in [2.75, 3.05) is 25.6 Å². The van der Waals surface area contributed by atoms with E-state index in [-0.39, 0.29) is 31.5 Å². The van der Waals surface area contributed by atoms with Gasteiger partial charge in [0.1, 0.15) is 0 Å². The Labute approximate surface area is 194 Å². The van der Waals surface area contributed by atoms with Crippen molar-refractivity contribution in [3.8, 4) is 11.5 Å². The Hall–Kier alpha value is -3.36. The SMILES string of the molecule is O=C(NCCS(=O)(=O)N(CCc1ccccc1)Cc1ccccc1)c1ccc2c(c1)OCO2. The molecule has 0 radical (unpaired) electrons. The standard InChI is InChI=1S/C25H26N2O5S/c28-25(22-11-12-23-24(17-22)32-19-31-23)26-14-16-33(29,30)27(18-21-9-5-2-6-10-21)15-13-20-7-3-1-4-8-20/h1-12,17H,13-16,18-19H2,(H,26,28). The van der Waals surface area contributed by atoms with E-state index >= 15 is 0 Å². The van der Waals surface area contributed by atoms with Gasteiger partial charge in [0.2, 0.25) is 16.8 Å². The van der Waals surface area contributed by atoms with Crippen molar-refractivity contribution in [1.82, 2.24) is 9.62 Å². The number of nitrogens with zero attached hydrogens (tertiary/aromatic N) is 1. The number of carbonyl (C=O) groups is 1. The van der Waals surface area contributed by atoms with Gasteiger partial charge in [-0.15, -0.1) is 0 Å². The molecule has 1 N–H and O–H groups in total. The molecule has 0 spiro atoms. The van der Waals surface area contributed by atoms with E-state index < -0.39 is 10.0 Å². The lowest BCUT2D eigenvalue weighted by Crippen LogP contribution is -2.38. The number of rotatable bonds is 10. The molecule has 0 saturated heterocycles. The number of carbonyl (C=O) groups excluding carboxylic acids is 1. The summed E-state index contributed by atoms with van der Waals surface area (Å²) in [7, 11) is -3.60. The average molecular weight is 467 g/mol. The molecule has 1 heterocycles. The van der Waals surface area contributed by atoms with Crippen LogP contribution in [0.2, 0.25) is 0 Å². The van der Waals surface area contributed by atoms with Gasteiger partial charge in [-0.2, -0.15) is 4.31 Å². The Morgan fingerprint density at radius 2 is 1.55 bits per heavy atom. The molecule has 3 aromatic carbocycles. The van der Waals surface area contributed by atoms with Gasteiger partial charge in [-0.1, -0.05) is 60.7 Å². The number of ether oxygens (including phenoxy) is 2. The molecule has 33 heavy (non-hydrogen) atoms. The van der Waals surface area contributed by atoms with Gasteiger partial charge >= 0.3 is 0 Å². The quantitative estimate of drug-likeness (QED) is 0.496. The molecule has 1 aliphatic rings. The Bertz CT molecular complexity index is 1180. The van der Waals surface area contributed by atoms with Crippen LogP contribution in [-0.2, 0) is 23.0 Å². The van der Waals surface area contributed by atoms with Gasteiger partial charge in [-0.3, -0.25) is 4.79 Å². The lowest BCUT2D eigenvalue weighted by Gasteiger charge is -2.22. The van der Waals surface area contributed by atoms with Crippen molar-refractivity contribution >= 4 is 15.9 Å². The molecule has 0 atom stereocenters. The Balaban J connectivity index is 1.38. The molecule has 1 amide bonds. The summed E-state index contributed by atoms with van der Waals surface area (Å²) >= 11 is 0. The molecule has 0 aromatic heterocycles. The minimum atomic E-state index is -3.60. The fourth-order valence-electron chi connectivity index (χ4n) is 3.56. The van der Waals surface area contributed by atoms with Crippen molar-refractivity contribution < 1.29 is 22.7 Å². The molecule has 0 unspecified atom stereocenters. The molecule has 0 fully saturated rings. The third-order valence-corrected chi connectivity index (χ3v) is 7.19. The highest BCUT2D eigenvalue weighted by Crippen LogP contribution is 2.32. The number of nitrogens with one attached hydrogen (secondary N) is 1. The van der Waals surface area contributed by atoms with Crippen molar-refractivity contribution in [1.29, 1.82) is 0 Å². The second-order valence-corrected chi connectivity index (χ2v) is 9.78. The first kappa shape index (κ1) is 22.8. The fourth-order valence-corrected chi connectivity index (χ4v) is 4.90. The van der Waals surface area contributed by atoms with Gasteiger partial charge in [0.15, 0.2) is 11.5 Å². The molecule has 7 nitrogen and oxygen atoms in total. The van der Waals surface area contributed by atoms with Crippen LogP contribution in [-0.4, -0.2) is 44.3 Å². The summed E-state index contributed by atoms with van der Waals surface area (Å²) in [6.45, 7) is 0.772. The van der Waals surface area contributed by atoms with E-state index in [9.17, 15) is 13.2 Å². The van der Waals surface area contributed by atoms with E-state index in [0.29, 0.717) is 30.0 Å². The topological polar surface area (TPSA) is 84.9 Å². The molecule has 0 aliphatic carbocycles. The van der Waals surface area contributed by atoms with Crippen molar-refractivity contribution in [2.45, 2.75) is 13.0 Å². The summed E-state index contributed by atoms with van der Waals surface area (Å²) in [6, 6.07) is 24.2. The van der Waals surface area contributed by atoms with Crippen molar-refractivity contribution in [2.24, 2.45) is 0 Å². The number of amides is 1. The Morgan fingerprint density at radius 3 is 2.27 bits per heavy atom. The highest BCUT2D eigenvalue weighted by Gasteiger charge is 2.23. The van der Waals surface area contributed by atoms with Crippen molar-refractivity contribution in [3.05, 3.63) is 95.6 Å². The smallest absolute Gasteiger partial charge is 0.251 e. The van der Waals surface area contributed by atoms with Crippen LogP contribution in [0.1, 0.15) is 21.5 Å². The summed E-state index contributed by atoms with van der Waals surface area (Å²) in [4.78, 5) is 12.5. The third-order valence-electron chi connectivity index (χ3n) is 5.37. The predicted molar refractivity (Wildman–Crippen MR) is 126 cm³/mol. The maximum Gasteiger partial charge on any atom is 0.251 e. The average Bonchev–Trinajstić information content (AvgIpc) is 3.31. The van der Waals surface area contributed by atoms with Crippen molar-refractivity contribution in [3.63, 3.8) is 0 Å². The molecule has 172 valence electrons. The summed E-state index contributed by atoms with van der Waals surface area (Å²) in [6.07, 6.45) is 0.608. The largest absolute Gasteiger partial charge is 0.454 e.